The highest BCUT2D eigenvalue weighted by atomic mass is 19.1. The number of rotatable bonds is 10. The fraction of sp³-hybridized carbons (Fsp3) is 0.500. The first-order chi connectivity index (χ1) is 20.0. The second-order valence-corrected chi connectivity index (χ2v) is 10.3. The lowest BCUT2D eigenvalue weighted by atomic mass is 9.86. The van der Waals surface area contributed by atoms with Gasteiger partial charge in [-0.05, 0) is 43.9 Å². The third kappa shape index (κ3) is 8.89. The van der Waals surface area contributed by atoms with Crippen LogP contribution in [-0.2, 0) is 35.0 Å². The van der Waals surface area contributed by atoms with Gasteiger partial charge in [0.2, 0.25) is 6.79 Å². The second-order valence-electron chi connectivity index (χ2n) is 10.3. The number of nitrogens with one attached hydrogen (secondary N) is 1. The summed E-state index contributed by atoms with van der Waals surface area (Å²) in [5.41, 5.74) is 0.667. The van der Waals surface area contributed by atoms with Crippen LogP contribution in [-0.4, -0.2) is 61.0 Å². The van der Waals surface area contributed by atoms with Gasteiger partial charge in [0.1, 0.15) is 24.1 Å². The van der Waals surface area contributed by atoms with E-state index >= 15 is 0 Å². The average Bonchev–Trinajstić information content (AvgIpc) is 2.99. The molecular weight excluding hydrogens is 551 g/mol. The number of carbonyl (C=O) groups is 4. The Morgan fingerprint density at radius 1 is 1.14 bits per heavy atom. The predicted molar refractivity (Wildman–Crippen MR) is 147 cm³/mol. The Morgan fingerprint density at radius 2 is 1.86 bits per heavy atom. The molecule has 4 unspecified atom stereocenters. The van der Waals surface area contributed by atoms with E-state index in [1.807, 2.05) is 0 Å². The van der Waals surface area contributed by atoms with Gasteiger partial charge < -0.3 is 29.0 Å². The number of hydrogen-bond donors (Lipinski definition) is 1. The minimum Gasteiger partial charge on any atom is -0.493 e. The zero-order valence-electron chi connectivity index (χ0n) is 24.4. The Kier molecular flexibility index (Phi) is 11.6. The zero-order valence-corrected chi connectivity index (χ0v) is 24.4. The normalized spacial score (nSPS) is 20.8. The summed E-state index contributed by atoms with van der Waals surface area (Å²) in [6.07, 6.45) is 1.46. The molecule has 0 saturated carbocycles. The van der Waals surface area contributed by atoms with Crippen molar-refractivity contribution in [3.8, 4) is 11.5 Å². The smallest absolute Gasteiger partial charge is 0.329 e. The molecule has 11 nitrogen and oxygen atoms in total. The van der Waals surface area contributed by atoms with Gasteiger partial charge in [-0.1, -0.05) is 32.4 Å². The van der Waals surface area contributed by atoms with Crippen LogP contribution >= 0.6 is 0 Å². The molecular formula is C30H37FN2O9. The molecule has 1 saturated heterocycles. The summed E-state index contributed by atoms with van der Waals surface area (Å²) in [6.45, 7) is 5.80. The highest BCUT2D eigenvalue weighted by molar-refractivity contribution is 5.98. The molecule has 4 atom stereocenters. The maximum atomic E-state index is 13.5. The van der Waals surface area contributed by atoms with Gasteiger partial charge in [-0.15, -0.1) is 0 Å². The van der Waals surface area contributed by atoms with Crippen LogP contribution in [0.2, 0.25) is 0 Å². The Balaban J connectivity index is 1.82. The molecule has 12 heteroatoms. The first kappa shape index (κ1) is 32.3. The van der Waals surface area contributed by atoms with Gasteiger partial charge in [-0.25, -0.2) is 14.2 Å². The molecule has 1 amide bonds. The summed E-state index contributed by atoms with van der Waals surface area (Å²) in [6, 6.07) is 6.50. The van der Waals surface area contributed by atoms with Crippen LogP contribution in [0.1, 0.15) is 63.0 Å². The number of cyclic esters (lactones) is 1. The molecule has 1 aromatic heterocycles. The molecule has 228 valence electrons. The summed E-state index contributed by atoms with van der Waals surface area (Å²) in [7, 11) is 1.37. The van der Waals surface area contributed by atoms with Crippen LogP contribution < -0.4 is 14.8 Å². The Labute approximate surface area is 244 Å². The lowest BCUT2D eigenvalue weighted by Gasteiger charge is -2.31. The number of nitrogens with zero attached hydrogens (tertiary/aromatic N) is 1. The van der Waals surface area contributed by atoms with E-state index in [4.69, 9.17) is 23.7 Å². The van der Waals surface area contributed by atoms with Gasteiger partial charge in [0.15, 0.2) is 17.2 Å². The quantitative estimate of drug-likeness (QED) is 0.248. The van der Waals surface area contributed by atoms with Crippen molar-refractivity contribution in [2.24, 2.45) is 11.8 Å². The van der Waals surface area contributed by atoms with E-state index in [0.717, 1.165) is 5.56 Å². The van der Waals surface area contributed by atoms with E-state index < -0.39 is 54.8 Å². The van der Waals surface area contributed by atoms with Crippen LogP contribution in [0.15, 0.2) is 36.5 Å². The number of hydrogen-bond acceptors (Lipinski definition) is 10. The van der Waals surface area contributed by atoms with Crippen molar-refractivity contribution in [3.05, 3.63) is 53.6 Å². The lowest BCUT2D eigenvalue weighted by Crippen LogP contribution is -2.45. The van der Waals surface area contributed by atoms with Crippen molar-refractivity contribution in [2.45, 2.75) is 71.6 Å². The largest absolute Gasteiger partial charge is 0.493 e. The first-order valence-corrected chi connectivity index (χ1v) is 13.8. The lowest BCUT2D eigenvalue weighted by molar-refractivity contribution is -0.173. The van der Waals surface area contributed by atoms with Gasteiger partial charge in [0, 0.05) is 25.1 Å². The molecule has 42 heavy (non-hydrogen) atoms. The minimum atomic E-state index is -1.04. The van der Waals surface area contributed by atoms with Crippen molar-refractivity contribution in [2.75, 3.05) is 13.9 Å². The van der Waals surface area contributed by atoms with Gasteiger partial charge in [-0.2, -0.15) is 0 Å². The SMILES string of the molecule is COc1ccnc(C(=O)NC2CCCC(Cc3ccc(F)cc3)C(OC(=O)C(C)C)C(C)OC2=O)c1OCOC(C)=O. The molecule has 3 rings (SSSR count). The van der Waals surface area contributed by atoms with Gasteiger partial charge >= 0.3 is 17.9 Å². The number of aromatic nitrogens is 1. The predicted octanol–water partition coefficient (Wildman–Crippen LogP) is 3.77. The number of benzene rings is 1. The molecule has 0 radical (unpaired) electrons. The van der Waals surface area contributed by atoms with Crippen LogP contribution in [0.25, 0.3) is 0 Å². The fourth-order valence-electron chi connectivity index (χ4n) is 4.61. The van der Waals surface area contributed by atoms with E-state index in [-0.39, 0.29) is 35.3 Å². The number of ether oxygens (including phenoxy) is 5. The number of carbonyl (C=O) groups excluding carboxylic acids is 4. The summed E-state index contributed by atoms with van der Waals surface area (Å²) < 4.78 is 40.6. The first-order valence-electron chi connectivity index (χ1n) is 13.8. The third-order valence-corrected chi connectivity index (χ3v) is 6.79. The monoisotopic (exact) mass is 588 g/mol. The molecule has 2 heterocycles. The van der Waals surface area contributed by atoms with Crippen LogP contribution in [0.5, 0.6) is 11.5 Å². The molecule has 1 aliphatic rings. The van der Waals surface area contributed by atoms with Crippen LogP contribution in [0.3, 0.4) is 0 Å². The number of pyridine rings is 1. The van der Waals surface area contributed by atoms with Crippen molar-refractivity contribution in [1.82, 2.24) is 10.3 Å². The van der Waals surface area contributed by atoms with Gasteiger partial charge in [0.25, 0.3) is 5.91 Å². The molecule has 0 aliphatic carbocycles. The van der Waals surface area contributed by atoms with Crippen LogP contribution in [0, 0.1) is 17.7 Å². The third-order valence-electron chi connectivity index (χ3n) is 6.79. The van der Waals surface area contributed by atoms with Gasteiger partial charge in [-0.3, -0.25) is 14.4 Å². The van der Waals surface area contributed by atoms with E-state index in [2.05, 4.69) is 10.3 Å². The van der Waals surface area contributed by atoms with Crippen molar-refractivity contribution >= 4 is 23.8 Å². The minimum absolute atomic E-state index is 0.0661. The Hall–Kier alpha value is -4.22. The number of esters is 3. The summed E-state index contributed by atoms with van der Waals surface area (Å²) >= 11 is 0. The Bertz CT molecular complexity index is 1250. The summed E-state index contributed by atoms with van der Waals surface area (Å²) in [4.78, 5) is 54.4. The molecule has 1 aromatic carbocycles. The molecule has 1 aliphatic heterocycles. The van der Waals surface area contributed by atoms with E-state index in [1.165, 1.54) is 38.4 Å². The topological polar surface area (TPSA) is 139 Å². The second kappa shape index (κ2) is 15.1. The highest BCUT2D eigenvalue weighted by Gasteiger charge is 2.37. The molecule has 0 bridgehead atoms. The highest BCUT2D eigenvalue weighted by Crippen LogP contribution is 2.31. The fourth-order valence-corrected chi connectivity index (χ4v) is 4.61. The van der Waals surface area contributed by atoms with Crippen molar-refractivity contribution in [3.63, 3.8) is 0 Å². The molecule has 1 N–H and O–H groups in total. The number of amides is 1. The Morgan fingerprint density at radius 3 is 2.50 bits per heavy atom. The zero-order chi connectivity index (χ0) is 30.8. The molecule has 1 fully saturated rings. The van der Waals surface area contributed by atoms with E-state index in [1.54, 1.807) is 32.9 Å². The number of methoxy groups -OCH3 is 1. The molecule has 2 aromatic rings. The van der Waals surface area contributed by atoms with E-state index in [9.17, 15) is 23.6 Å². The maximum Gasteiger partial charge on any atom is 0.329 e. The van der Waals surface area contributed by atoms with E-state index in [0.29, 0.717) is 19.3 Å². The van der Waals surface area contributed by atoms with Crippen molar-refractivity contribution in [1.29, 1.82) is 0 Å². The molecule has 0 spiro atoms. The standard InChI is InChI=1S/C30H37FN2O9/c1-17(2)29(36)42-26-18(3)41-30(37)23(8-6-7-21(26)15-20-9-11-22(31)12-10-20)33-28(35)25-27(40-16-39-19(4)34)24(38-5)13-14-32-25/h9-14,17-18,21,23,26H,6-8,15-16H2,1-5H3,(H,33,35). The average molecular weight is 589 g/mol. The maximum absolute atomic E-state index is 13.5. The van der Waals surface area contributed by atoms with Gasteiger partial charge in [0.05, 0.1) is 13.0 Å². The summed E-state index contributed by atoms with van der Waals surface area (Å²) in [5.74, 6) is -3.33. The number of halogens is 1. The van der Waals surface area contributed by atoms with Crippen molar-refractivity contribution < 1.29 is 47.3 Å². The summed E-state index contributed by atoms with van der Waals surface area (Å²) in [5, 5.41) is 2.67. The van der Waals surface area contributed by atoms with Crippen LogP contribution in [0.4, 0.5) is 4.39 Å².